The van der Waals surface area contributed by atoms with Crippen LogP contribution >= 0.6 is 27.3 Å². The Morgan fingerprint density at radius 1 is 1.45 bits per heavy atom. The molecule has 1 aliphatic rings. The van der Waals surface area contributed by atoms with Crippen LogP contribution in [-0.4, -0.2) is 35.4 Å². The number of esters is 1. The lowest BCUT2D eigenvalue weighted by Gasteiger charge is -2.34. The molecule has 1 amide bonds. The number of fused-ring (bicyclic) bond motifs is 1. The number of halogens is 1. The molecule has 7 heteroatoms. The van der Waals surface area contributed by atoms with Crippen molar-refractivity contribution in [2.75, 3.05) is 13.7 Å². The van der Waals surface area contributed by atoms with Crippen molar-refractivity contribution in [2.24, 2.45) is 0 Å². The monoisotopic (exact) mass is 380 g/mol. The van der Waals surface area contributed by atoms with Crippen LogP contribution in [-0.2, 0) is 16.0 Å². The molecule has 3 heterocycles. The van der Waals surface area contributed by atoms with Gasteiger partial charge in [0.1, 0.15) is 0 Å². The molecule has 0 bridgehead atoms. The maximum Gasteiger partial charge on any atom is 0.333 e. The first kappa shape index (κ1) is 15.2. The van der Waals surface area contributed by atoms with Crippen molar-refractivity contribution < 1.29 is 14.3 Å². The van der Waals surface area contributed by atoms with Gasteiger partial charge in [0.05, 0.1) is 12.7 Å². The Balaban J connectivity index is 1.98. The maximum absolute atomic E-state index is 12.8. The third kappa shape index (κ3) is 2.66. The Hall–Kier alpha value is -1.73. The van der Waals surface area contributed by atoms with Gasteiger partial charge < -0.3 is 9.64 Å². The molecule has 5 nitrogen and oxygen atoms in total. The van der Waals surface area contributed by atoms with Crippen molar-refractivity contribution in [1.82, 2.24) is 9.88 Å². The zero-order valence-electron chi connectivity index (χ0n) is 11.8. The molecule has 114 valence electrons. The molecule has 0 fully saturated rings. The van der Waals surface area contributed by atoms with Gasteiger partial charge >= 0.3 is 5.97 Å². The molecule has 0 saturated heterocycles. The van der Waals surface area contributed by atoms with Crippen molar-refractivity contribution >= 4 is 39.1 Å². The van der Waals surface area contributed by atoms with Crippen LogP contribution < -0.4 is 0 Å². The second-order valence-electron chi connectivity index (χ2n) is 4.87. The Morgan fingerprint density at radius 2 is 2.27 bits per heavy atom. The zero-order chi connectivity index (χ0) is 15.7. The summed E-state index contributed by atoms with van der Waals surface area (Å²) < 4.78 is 5.63. The highest BCUT2D eigenvalue weighted by Crippen LogP contribution is 2.35. The van der Waals surface area contributed by atoms with Gasteiger partial charge in [0.2, 0.25) is 0 Å². The molecular formula is C15H13BrN2O3S. The summed E-state index contributed by atoms with van der Waals surface area (Å²) in [7, 11) is 1.34. The molecule has 22 heavy (non-hydrogen) atoms. The molecule has 2 aromatic rings. The van der Waals surface area contributed by atoms with Crippen LogP contribution in [0.5, 0.6) is 0 Å². The lowest BCUT2D eigenvalue weighted by Crippen LogP contribution is -2.43. The number of hydrogen-bond donors (Lipinski definition) is 0. The van der Waals surface area contributed by atoms with E-state index in [9.17, 15) is 9.59 Å². The van der Waals surface area contributed by atoms with E-state index in [1.807, 2.05) is 11.4 Å². The Bertz CT molecular complexity index is 731. The van der Waals surface area contributed by atoms with E-state index in [2.05, 4.69) is 20.9 Å². The van der Waals surface area contributed by atoms with Gasteiger partial charge in [-0.05, 0) is 45.4 Å². The van der Waals surface area contributed by atoms with Crippen molar-refractivity contribution in [3.05, 3.63) is 50.4 Å². The minimum Gasteiger partial charge on any atom is -0.467 e. The van der Waals surface area contributed by atoms with Gasteiger partial charge in [-0.3, -0.25) is 9.78 Å². The van der Waals surface area contributed by atoms with Crippen molar-refractivity contribution in [3.63, 3.8) is 0 Å². The summed E-state index contributed by atoms with van der Waals surface area (Å²) in [5.41, 5.74) is 1.31. The van der Waals surface area contributed by atoms with Crippen LogP contribution in [0.25, 0.3) is 0 Å². The first-order valence-electron chi connectivity index (χ1n) is 6.67. The van der Waals surface area contributed by atoms with Crippen molar-refractivity contribution in [2.45, 2.75) is 12.5 Å². The Kier molecular flexibility index (Phi) is 4.26. The molecule has 0 N–H and O–H groups in total. The van der Waals surface area contributed by atoms with E-state index in [0.29, 0.717) is 12.1 Å². The number of carbonyl (C=O) groups excluding carboxylic acids is 2. The molecule has 1 unspecified atom stereocenters. The number of nitrogens with zero attached hydrogens (tertiary/aromatic N) is 2. The molecule has 0 radical (unpaired) electrons. The normalized spacial score (nSPS) is 17.0. The molecule has 1 atom stereocenters. The predicted octanol–water partition coefficient (Wildman–Crippen LogP) is 2.82. The number of carbonyl (C=O) groups is 2. The first-order chi connectivity index (χ1) is 10.6. The van der Waals surface area contributed by atoms with Crippen LogP contribution in [0.3, 0.4) is 0 Å². The fraction of sp³-hybridized carbons (Fsp3) is 0.267. The topological polar surface area (TPSA) is 59.5 Å². The fourth-order valence-corrected chi connectivity index (χ4v) is 3.86. The summed E-state index contributed by atoms with van der Waals surface area (Å²) in [6.45, 7) is 0.485. The maximum atomic E-state index is 12.8. The third-order valence-corrected chi connectivity index (χ3v) is 5.03. The average molecular weight is 381 g/mol. The van der Waals surface area contributed by atoms with E-state index < -0.39 is 12.0 Å². The molecule has 0 spiro atoms. The lowest BCUT2D eigenvalue weighted by molar-refractivity contribution is -0.146. The minimum absolute atomic E-state index is 0.221. The number of pyridine rings is 1. The van der Waals surface area contributed by atoms with Crippen LogP contribution in [0.15, 0.2) is 34.4 Å². The second kappa shape index (κ2) is 6.18. The van der Waals surface area contributed by atoms with Crippen LogP contribution in [0.4, 0.5) is 0 Å². The number of ether oxygens (including phenoxy) is 1. The summed E-state index contributed by atoms with van der Waals surface area (Å²) in [6.07, 6.45) is 3.86. The lowest BCUT2D eigenvalue weighted by atomic mass is 9.99. The van der Waals surface area contributed by atoms with E-state index in [1.165, 1.54) is 13.3 Å². The molecular weight excluding hydrogens is 368 g/mol. The van der Waals surface area contributed by atoms with Gasteiger partial charge in [-0.25, -0.2) is 4.79 Å². The highest BCUT2D eigenvalue weighted by atomic mass is 79.9. The highest BCUT2D eigenvalue weighted by molar-refractivity contribution is 9.10. The van der Waals surface area contributed by atoms with Crippen molar-refractivity contribution in [3.8, 4) is 0 Å². The van der Waals surface area contributed by atoms with E-state index in [-0.39, 0.29) is 5.91 Å². The van der Waals surface area contributed by atoms with Gasteiger partial charge in [-0.15, -0.1) is 11.3 Å². The van der Waals surface area contributed by atoms with Gasteiger partial charge in [-0.1, -0.05) is 0 Å². The number of hydrogen-bond acceptors (Lipinski definition) is 5. The van der Waals surface area contributed by atoms with E-state index in [0.717, 1.165) is 21.3 Å². The molecule has 3 rings (SSSR count). The third-order valence-electron chi connectivity index (χ3n) is 3.60. The van der Waals surface area contributed by atoms with Crippen LogP contribution in [0.2, 0.25) is 0 Å². The smallest absolute Gasteiger partial charge is 0.333 e. The minimum atomic E-state index is -0.688. The first-order valence-corrected chi connectivity index (χ1v) is 8.34. The quantitative estimate of drug-likeness (QED) is 0.751. The number of aromatic nitrogens is 1. The van der Waals surface area contributed by atoms with Gasteiger partial charge in [-0.2, -0.15) is 0 Å². The predicted molar refractivity (Wildman–Crippen MR) is 85.8 cm³/mol. The number of amides is 1. The van der Waals surface area contributed by atoms with Gasteiger partial charge in [0.15, 0.2) is 6.04 Å². The van der Waals surface area contributed by atoms with Crippen LogP contribution in [0.1, 0.15) is 26.8 Å². The highest BCUT2D eigenvalue weighted by Gasteiger charge is 2.37. The largest absolute Gasteiger partial charge is 0.467 e. The van der Waals surface area contributed by atoms with Crippen LogP contribution in [0, 0.1) is 0 Å². The number of rotatable bonds is 2. The molecule has 2 aromatic heterocycles. The summed E-state index contributed by atoms with van der Waals surface area (Å²) in [4.78, 5) is 31.7. The average Bonchev–Trinajstić information content (AvgIpc) is 3.01. The number of methoxy groups -OCH3 is 1. The fourth-order valence-electron chi connectivity index (χ4n) is 2.60. The van der Waals surface area contributed by atoms with Gasteiger partial charge in [0, 0.05) is 28.3 Å². The standard InChI is InChI=1S/C15H13BrN2O3S/c1-21-15(20)13-11-3-5-22-12(11)2-4-18(13)14(19)9-6-10(16)8-17-7-9/h3,5-8,13H,2,4H2,1H3. The summed E-state index contributed by atoms with van der Waals surface area (Å²) >= 11 is 4.91. The second-order valence-corrected chi connectivity index (χ2v) is 6.78. The van der Waals surface area contributed by atoms with E-state index in [4.69, 9.17) is 4.74 Å². The molecule has 0 aliphatic carbocycles. The SMILES string of the molecule is COC(=O)C1c2ccsc2CCN1C(=O)c1cncc(Br)c1. The summed E-state index contributed by atoms with van der Waals surface area (Å²) in [5.74, 6) is -0.642. The number of thiophene rings is 1. The molecule has 0 saturated carbocycles. The van der Waals surface area contributed by atoms with Crippen molar-refractivity contribution in [1.29, 1.82) is 0 Å². The zero-order valence-corrected chi connectivity index (χ0v) is 14.2. The summed E-state index contributed by atoms with van der Waals surface area (Å²) in [6, 6.07) is 2.90. The molecule has 1 aliphatic heterocycles. The van der Waals surface area contributed by atoms with E-state index in [1.54, 1.807) is 28.5 Å². The van der Waals surface area contributed by atoms with E-state index >= 15 is 0 Å². The Morgan fingerprint density at radius 3 is 3.00 bits per heavy atom. The molecule has 0 aromatic carbocycles. The van der Waals surface area contributed by atoms with Gasteiger partial charge in [0.25, 0.3) is 5.91 Å². The summed E-state index contributed by atoms with van der Waals surface area (Å²) in [5, 5.41) is 1.94. The Labute approximate surface area is 140 Å².